The Kier molecular flexibility index (Phi) is 4.08. The lowest BCUT2D eigenvalue weighted by atomic mass is 9.95. The van der Waals surface area contributed by atoms with Crippen molar-refractivity contribution in [3.05, 3.63) is 82.7 Å². The minimum absolute atomic E-state index is 0.0422. The molecule has 0 bridgehead atoms. The van der Waals surface area contributed by atoms with E-state index in [0.717, 1.165) is 16.6 Å². The molecule has 0 aliphatic heterocycles. The second-order valence-corrected chi connectivity index (χ2v) is 6.50. The normalized spacial score (nSPS) is 12.4. The minimum atomic E-state index is -0.0422. The summed E-state index contributed by atoms with van der Waals surface area (Å²) in [6, 6.07) is 11.8. The number of aromatic nitrogens is 5. The molecule has 26 heavy (non-hydrogen) atoms. The van der Waals surface area contributed by atoms with Crippen molar-refractivity contribution in [1.29, 1.82) is 0 Å². The lowest BCUT2D eigenvalue weighted by Crippen LogP contribution is -2.17. The molecule has 3 aromatic heterocycles. The number of hydrogen-bond donors (Lipinski definition) is 0. The van der Waals surface area contributed by atoms with Gasteiger partial charge in [0.15, 0.2) is 0 Å². The van der Waals surface area contributed by atoms with E-state index in [4.69, 9.17) is 0 Å². The predicted molar refractivity (Wildman–Crippen MR) is 100 cm³/mol. The van der Waals surface area contributed by atoms with Crippen molar-refractivity contribution in [2.45, 2.75) is 19.3 Å². The lowest BCUT2D eigenvalue weighted by molar-refractivity contribution is 0.693. The Morgan fingerprint density at radius 1 is 1.19 bits per heavy atom. The smallest absolute Gasteiger partial charge is 0.203 e. The van der Waals surface area contributed by atoms with Crippen LogP contribution in [0.25, 0.3) is 16.6 Å². The number of nitrogens with zero attached hydrogens (tertiary/aromatic N) is 5. The molecule has 6 heteroatoms. The van der Waals surface area contributed by atoms with Crippen LogP contribution in [0, 0.1) is 0 Å². The van der Waals surface area contributed by atoms with Crippen LogP contribution in [-0.4, -0.2) is 24.5 Å². The summed E-state index contributed by atoms with van der Waals surface area (Å²) in [5, 5.41) is 9.78. The van der Waals surface area contributed by atoms with Gasteiger partial charge in [0, 0.05) is 37.3 Å². The summed E-state index contributed by atoms with van der Waals surface area (Å²) in [6.07, 6.45) is 7.63. The summed E-state index contributed by atoms with van der Waals surface area (Å²) in [5.41, 5.74) is 3.48. The summed E-state index contributed by atoms with van der Waals surface area (Å²) >= 11 is 0. The molecule has 1 atom stereocenters. The van der Waals surface area contributed by atoms with Crippen LogP contribution >= 0.6 is 0 Å². The van der Waals surface area contributed by atoms with E-state index in [2.05, 4.69) is 40.3 Å². The summed E-state index contributed by atoms with van der Waals surface area (Å²) in [4.78, 5) is 16.6. The predicted octanol–water partition coefficient (Wildman–Crippen LogP) is 2.86. The standard InChI is InChI=1S/C20H19N5O/c1-14(15-5-6-18-16(11-15)4-3-8-21-18)10-19-20(26)7-9-25(23-19)17-12-22-24(2)13-17/h3-9,11-14H,10H2,1-2H3/t14-/m1/s1. The van der Waals surface area contributed by atoms with Gasteiger partial charge >= 0.3 is 0 Å². The molecule has 0 saturated carbocycles. The Hall–Kier alpha value is -3.28. The number of hydrogen-bond acceptors (Lipinski definition) is 4. The molecule has 0 aliphatic rings. The van der Waals surface area contributed by atoms with Gasteiger partial charge in [0.2, 0.25) is 5.43 Å². The summed E-state index contributed by atoms with van der Waals surface area (Å²) in [5.74, 6) is 0.171. The first-order valence-electron chi connectivity index (χ1n) is 8.53. The van der Waals surface area contributed by atoms with Gasteiger partial charge in [-0.3, -0.25) is 14.5 Å². The molecule has 3 heterocycles. The average molecular weight is 345 g/mol. The van der Waals surface area contributed by atoms with E-state index in [0.29, 0.717) is 12.1 Å². The largest absolute Gasteiger partial charge is 0.288 e. The first-order valence-corrected chi connectivity index (χ1v) is 8.53. The van der Waals surface area contributed by atoms with Crippen molar-refractivity contribution >= 4 is 10.9 Å². The molecule has 0 fully saturated rings. The van der Waals surface area contributed by atoms with Crippen LogP contribution in [0.5, 0.6) is 0 Å². The SMILES string of the molecule is C[C@H](Cc1nn(-c2cnn(C)c2)ccc1=O)c1ccc2ncccc2c1. The number of rotatable bonds is 4. The van der Waals surface area contributed by atoms with Crippen molar-refractivity contribution < 1.29 is 0 Å². The highest BCUT2D eigenvalue weighted by Crippen LogP contribution is 2.22. The monoisotopic (exact) mass is 345 g/mol. The van der Waals surface area contributed by atoms with Crippen LogP contribution in [0.2, 0.25) is 0 Å². The van der Waals surface area contributed by atoms with Gasteiger partial charge < -0.3 is 0 Å². The fourth-order valence-corrected chi connectivity index (χ4v) is 3.07. The van der Waals surface area contributed by atoms with Crippen LogP contribution in [0.1, 0.15) is 24.1 Å². The highest BCUT2D eigenvalue weighted by molar-refractivity contribution is 5.79. The van der Waals surface area contributed by atoms with Gasteiger partial charge in [-0.2, -0.15) is 10.2 Å². The third-order valence-corrected chi connectivity index (χ3v) is 4.53. The van der Waals surface area contributed by atoms with E-state index >= 15 is 0 Å². The quantitative estimate of drug-likeness (QED) is 0.570. The van der Waals surface area contributed by atoms with Crippen molar-refractivity contribution in [3.8, 4) is 5.69 Å². The summed E-state index contributed by atoms with van der Waals surface area (Å²) < 4.78 is 3.40. The molecular formula is C20H19N5O. The van der Waals surface area contributed by atoms with Gasteiger partial charge in [0.05, 0.1) is 17.9 Å². The third kappa shape index (κ3) is 3.13. The van der Waals surface area contributed by atoms with Crippen LogP contribution in [0.15, 0.2) is 66.0 Å². The number of benzene rings is 1. The zero-order valence-corrected chi connectivity index (χ0v) is 14.7. The fraction of sp³-hybridized carbons (Fsp3) is 0.200. The average Bonchev–Trinajstić information content (AvgIpc) is 3.09. The topological polar surface area (TPSA) is 65.6 Å². The van der Waals surface area contributed by atoms with Crippen molar-refractivity contribution in [1.82, 2.24) is 24.5 Å². The summed E-state index contributed by atoms with van der Waals surface area (Å²) in [7, 11) is 1.85. The first kappa shape index (κ1) is 16.2. The molecule has 1 aromatic carbocycles. The summed E-state index contributed by atoms with van der Waals surface area (Å²) in [6.45, 7) is 2.11. The lowest BCUT2D eigenvalue weighted by Gasteiger charge is -2.13. The van der Waals surface area contributed by atoms with E-state index < -0.39 is 0 Å². The van der Waals surface area contributed by atoms with Crippen LogP contribution in [-0.2, 0) is 13.5 Å². The Morgan fingerprint density at radius 2 is 2.08 bits per heavy atom. The van der Waals surface area contributed by atoms with Gasteiger partial charge in [-0.05, 0) is 29.7 Å². The first-order chi connectivity index (χ1) is 12.6. The minimum Gasteiger partial charge on any atom is -0.288 e. The van der Waals surface area contributed by atoms with Gasteiger partial charge in [-0.15, -0.1) is 0 Å². The molecule has 4 rings (SSSR count). The number of fused-ring (bicyclic) bond motifs is 1. The fourth-order valence-electron chi connectivity index (χ4n) is 3.07. The van der Waals surface area contributed by atoms with E-state index in [-0.39, 0.29) is 11.3 Å². The highest BCUT2D eigenvalue weighted by Gasteiger charge is 2.12. The van der Waals surface area contributed by atoms with Gasteiger partial charge in [0.25, 0.3) is 0 Å². The van der Waals surface area contributed by atoms with Crippen LogP contribution in [0.3, 0.4) is 0 Å². The zero-order valence-electron chi connectivity index (χ0n) is 14.7. The van der Waals surface area contributed by atoms with Gasteiger partial charge in [-0.1, -0.05) is 19.1 Å². The second kappa shape index (κ2) is 6.55. The number of pyridine rings is 1. The maximum absolute atomic E-state index is 12.3. The maximum Gasteiger partial charge on any atom is 0.203 e. The molecular weight excluding hydrogens is 326 g/mol. The third-order valence-electron chi connectivity index (χ3n) is 4.53. The molecule has 0 saturated heterocycles. The van der Waals surface area contributed by atoms with E-state index in [9.17, 15) is 4.79 Å². The molecule has 0 spiro atoms. The molecule has 4 aromatic rings. The van der Waals surface area contributed by atoms with Crippen molar-refractivity contribution in [3.63, 3.8) is 0 Å². The molecule has 0 N–H and O–H groups in total. The Bertz CT molecular complexity index is 1130. The molecule has 6 nitrogen and oxygen atoms in total. The molecule has 130 valence electrons. The second-order valence-electron chi connectivity index (χ2n) is 6.50. The van der Waals surface area contributed by atoms with Crippen molar-refractivity contribution in [2.24, 2.45) is 7.05 Å². The van der Waals surface area contributed by atoms with Gasteiger partial charge in [-0.25, -0.2) is 4.68 Å². The van der Waals surface area contributed by atoms with Gasteiger partial charge in [0.1, 0.15) is 11.4 Å². The van der Waals surface area contributed by atoms with Crippen LogP contribution in [0.4, 0.5) is 0 Å². The zero-order chi connectivity index (χ0) is 18.1. The highest BCUT2D eigenvalue weighted by atomic mass is 16.1. The van der Waals surface area contributed by atoms with Crippen molar-refractivity contribution in [2.75, 3.05) is 0 Å². The Balaban J connectivity index is 1.64. The van der Waals surface area contributed by atoms with Crippen LogP contribution < -0.4 is 5.43 Å². The van der Waals surface area contributed by atoms with E-state index in [1.807, 2.05) is 25.4 Å². The Morgan fingerprint density at radius 3 is 2.88 bits per heavy atom. The van der Waals surface area contributed by atoms with E-state index in [1.54, 1.807) is 34.0 Å². The molecule has 0 aliphatic carbocycles. The number of aryl methyl sites for hydroxylation is 1. The molecule has 0 unspecified atom stereocenters. The Labute approximate surface area is 150 Å². The molecule has 0 amide bonds. The maximum atomic E-state index is 12.3. The van der Waals surface area contributed by atoms with E-state index in [1.165, 1.54) is 5.56 Å². The molecule has 0 radical (unpaired) electrons.